The fourth-order valence-electron chi connectivity index (χ4n) is 5.00. The third-order valence-electron chi connectivity index (χ3n) is 7.94. The molecule has 0 aromatic carbocycles. The minimum atomic E-state index is -1.74. The number of H-pyrrole nitrogens is 1. The molecule has 0 aliphatic heterocycles. The van der Waals surface area contributed by atoms with Crippen molar-refractivity contribution >= 4 is 47.3 Å². The average Bonchev–Trinajstić information content (AvgIpc) is 3.59. The number of carbonyl (C=O) groups is 8. The van der Waals surface area contributed by atoms with Crippen molar-refractivity contribution in [1.29, 1.82) is 0 Å². The van der Waals surface area contributed by atoms with Gasteiger partial charge in [0, 0.05) is 24.7 Å². The largest absolute Gasteiger partial charge is 0.480 e. The Bertz CT molecular complexity index is 1440. The summed E-state index contributed by atoms with van der Waals surface area (Å²) in [4.78, 5) is 108. The Morgan fingerprint density at radius 2 is 1.20 bits per heavy atom. The predicted octanol–water partition coefficient (Wildman–Crippen LogP) is -3.98. The number of aliphatic hydroxyl groups excluding tert-OH is 2. The molecule has 0 saturated heterocycles. The zero-order chi connectivity index (χ0) is 41.3. The van der Waals surface area contributed by atoms with E-state index in [0.29, 0.717) is 5.69 Å². The van der Waals surface area contributed by atoms with Gasteiger partial charge in [0.1, 0.15) is 30.2 Å². The summed E-state index contributed by atoms with van der Waals surface area (Å²) in [6.07, 6.45) is 1.11. The second-order valence-corrected chi connectivity index (χ2v) is 13.9. The van der Waals surface area contributed by atoms with Crippen LogP contribution in [0.1, 0.15) is 72.9 Å². The molecule has 1 aromatic heterocycles. The lowest BCUT2D eigenvalue weighted by molar-refractivity contribution is -0.145. The van der Waals surface area contributed by atoms with Crippen LogP contribution >= 0.6 is 0 Å². The molecule has 0 fully saturated rings. The van der Waals surface area contributed by atoms with Crippen molar-refractivity contribution in [1.82, 2.24) is 41.9 Å². The fourth-order valence-corrected chi connectivity index (χ4v) is 5.00. The maximum absolute atomic E-state index is 13.7. The summed E-state index contributed by atoms with van der Waals surface area (Å²) in [5, 5.41) is 43.3. The van der Waals surface area contributed by atoms with Crippen LogP contribution in [0.5, 0.6) is 0 Å². The van der Waals surface area contributed by atoms with Crippen molar-refractivity contribution < 1.29 is 53.7 Å². The van der Waals surface area contributed by atoms with Gasteiger partial charge in [0.25, 0.3) is 0 Å². The van der Waals surface area contributed by atoms with Gasteiger partial charge in [-0.1, -0.05) is 27.7 Å². The van der Waals surface area contributed by atoms with Gasteiger partial charge < -0.3 is 63.7 Å². The van der Waals surface area contributed by atoms with Crippen molar-refractivity contribution in [2.75, 3.05) is 6.61 Å². The lowest BCUT2D eigenvalue weighted by Gasteiger charge is -2.27. The second kappa shape index (κ2) is 22.8. The summed E-state index contributed by atoms with van der Waals surface area (Å²) in [5.41, 5.74) is 11.4. The van der Waals surface area contributed by atoms with Gasteiger partial charge in [-0.3, -0.25) is 33.6 Å². The molecule has 0 unspecified atom stereocenters. The van der Waals surface area contributed by atoms with Gasteiger partial charge in [-0.25, -0.2) is 9.78 Å². The number of carbonyl (C=O) groups excluding carboxylic acids is 7. The normalized spacial score (nSPS) is 15.7. The molecule has 7 amide bonds. The average molecular weight is 769 g/mol. The molecule has 21 heteroatoms. The van der Waals surface area contributed by atoms with E-state index in [2.05, 4.69) is 36.6 Å². The van der Waals surface area contributed by atoms with Crippen LogP contribution in [0.25, 0.3) is 0 Å². The maximum Gasteiger partial charge on any atom is 0.328 e. The first-order valence-electron chi connectivity index (χ1n) is 17.5. The molecule has 1 heterocycles. The molecular weight excluding hydrogens is 712 g/mol. The van der Waals surface area contributed by atoms with Crippen LogP contribution < -0.4 is 43.4 Å². The van der Waals surface area contributed by atoms with Crippen LogP contribution in [0.2, 0.25) is 0 Å². The van der Waals surface area contributed by atoms with E-state index in [9.17, 15) is 53.7 Å². The van der Waals surface area contributed by atoms with Crippen LogP contribution in [0, 0.1) is 11.8 Å². The maximum atomic E-state index is 13.7. The first-order valence-corrected chi connectivity index (χ1v) is 17.5. The number of aromatic nitrogens is 2. The van der Waals surface area contributed by atoms with E-state index in [4.69, 9.17) is 11.5 Å². The number of hydrogen-bond acceptors (Lipinski definition) is 12. The SMILES string of the molecule is CC(C)C[C@H](NC(=O)[C@H](C)NC(=O)[C@H](CC(C)C)NC(=O)[C@@H](N)CCC(N)=O)C(=O)N[C@@H](Cc1cnc[nH]1)C(=O)N[C@@H](CO)C(=O)N[C@H](C(=O)O)[C@@H](C)O. The Hall–Kier alpha value is -5.15. The molecule has 0 bridgehead atoms. The first kappa shape index (κ1) is 46.9. The number of rotatable bonds is 24. The highest BCUT2D eigenvalue weighted by Gasteiger charge is 2.34. The van der Waals surface area contributed by atoms with Crippen LogP contribution in [-0.4, -0.2) is 128 Å². The molecule has 0 saturated carbocycles. The molecule has 0 spiro atoms. The Morgan fingerprint density at radius 3 is 1.67 bits per heavy atom. The minimum absolute atomic E-state index is 0.0335. The molecule has 14 N–H and O–H groups in total. The summed E-state index contributed by atoms with van der Waals surface area (Å²) in [5.74, 6) is -7.47. The molecule has 8 atom stereocenters. The highest BCUT2D eigenvalue weighted by molar-refractivity contribution is 5.97. The van der Waals surface area contributed by atoms with Gasteiger partial charge in [-0.2, -0.15) is 0 Å². The Kier molecular flexibility index (Phi) is 19.8. The zero-order valence-electron chi connectivity index (χ0n) is 31.4. The van der Waals surface area contributed by atoms with Crippen LogP contribution in [0.3, 0.4) is 0 Å². The van der Waals surface area contributed by atoms with Crippen LogP contribution in [0.4, 0.5) is 0 Å². The number of carboxylic acids is 1. The van der Waals surface area contributed by atoms with E-state index in [1.165, 1.54) is 19.4 Å². The summed E-state index contributed by atoms with van der Waals surface area (Å²) in [6.45, 7) is 8.72. The third-order valence-corrected chi connectivity index (χ3v) is 7.94. The molecule has 0 aliphatic rings. The fraction of sp³-hybridized carbons (Fsp3) is 0.667. The second-order valence-electron chi connectivity index (χ2n) is 13.9. The quantitative estimate of drug-likeness (QED) is 0.0478. The monoisotopic (exact) mass is 768 g/mol. The highest BCUT2D eigenvalue weighted by atomic mass is 16.4. The van der Waals surface area contributed by atoms with E-state index in [-0.39, 0.29) is 43.9 Å². The number of nitrogens with one attached hydrogen (secondary N) is 7. The molecule has 304 valence electrons. The van der Waals surface area contributed by atoms with E-state index < -0.39 is 102 Å². The standard InChI is InChI=1S/C33H56N10O11/c1-15(2)9-21(40-28(48)20(34)7-8-25(35)46)29(49)38-17(5)27(47)39-22(10-16(3)4)30(50)41-23(11-19-12-36-14-37-19)31(51)42-24(13-44)32(52)43-26(18(6)45)33(53)54/h12,14-18,20-24,26,44-45H,7-11,13,34H2,1-6H3,(H2,35,46)(H,36,37)(H,38,49)(H,39,47)(H,40,48)(H,41,50)(H,42,51)(H,43,52)(H,53,54)/t17-,18+,20-,21-,22-,23-,24-,26-/m0/s1. The number of primary amides is 1. The number of nitrogens with zero attached hydrogens (tertiary/aromatic N) is 1. The zero-order valence-corrected chi connectivity index (χ0v) is 31.4. The van der Waals surface area contributed by atoms with Gasteiger partial charge >= 0.3 is 5.97 Å². The number of aliphatic hydroxyl groups is 2. The number of aromatic amines is 1. The summed E-state index contributed by atoms with van der Waals surface area (Å²) < 4.78 is 0. The molecule has 1 aromatic rings. The number of amides is 7. The van der Waals surface area contributed by atoms with Gasteiger partial charge in [-0.15, -0.1) is 0 Å². The predicted molar refractivity (Wildman–Crippen MR) is 191 cm³/mol. The third kappa shape index (κ3) is 16.7. The number of imidazole rings is 1. The molecular formula is C33H56N10O11. The summed E-state index contributed by atoms with van der Waals surface area (Å²) in [7, 11) is 0. The number of aliphatic carboxylic acids is 1. The molecule has 0 aliphatic carbocycles. The van der Waals surface area contributed by atoms with Gasteiger partial charge in [0.2, 0.25) is 41.4 Å². The molecule has 0 radical (unpaired) electrons. The van der Waals surface area contributed by atoms with Crippen molar-refractivity contribution in [3.63, 3.8) is 0 Å². The van der Waals surface area contributed by atoms with E-state index in [1.54, 1.807) is 13.8 Å². The number of hydrogen-bond donors (Lipinski definition) is 12. The van der Waals surface area contributed by atoms with E-state index >= 15 is 0 Å². The van der Waals surface area contributed by atoms with Crippen molar-refractivity contribution in [3.05, 3.63) is 18.2 Å². The number of nitrogens with two attached hydrogens (primary N) is 2. The molecule has 1 rings (SSSR count). The topological polar surface area (TPSA) is 350 Å². The summed E-state index contributed by atoms with van der Waals surface area (Å²) in [6, 6.07) is -9.47. The van der Waals surface area contributed by atoms with Crippen molar-refractivity contribution in [3.8, 4) is 0 Å². The smallest absolute Gasteiger partial charge is 0.328 e. The van der Waals surface area contributed by atoms with Gasteiger partial charge in [0.15, 0.2) is 6.04 Å². The van der Waals surface area contributed by atoms with Crippen LogP contribution in [0.15, 0.2) is 12.5 Å². The van der Waals surface area contributed by atoms with Gasteiger partial charge in [-0.05, 0) is 44.9 Å². The Morgan fingerprint density at radius 1 is 0.722 bits per heavy atom. The minimum Gasteiger partial charge on any atom is -0.480 e. The molecule has 54 heavy (non-hydrogen) atoms. The Balaban J connectivity index is 3.15. The van der Waals surface area contributed by atoms with E-state index in [0.717, 1.165) is 6.92 Å². The van der Waals surface area contributed by atoms with E-state index in [1.807, 2.05) is 19.2 Å². The Labute approximate surface area is 312 Å². The van der Waals surface area contributed by atoms with Gasteiger partial charge in [0.05, 0.1) is 25.1 Å². The van der Waals surface area contributed by atoms with Crippen molar-refractivity contribution in [2.45, 2.75) is 122 Å². The van der Waals surface area contributed by atoms with Crippen LogP contribution in [-0.2, 0) is 44.8 Å². The lowest BCUT2D eigenvalue weighted by atomic mass is 10.0. The summed E-state index contributed by atoms with van der Waals surface area (Å²) >= 11 is 0. The lowest BCUT2D eigenvalue weighted by Crippen LogP contribution is -2.60. The molecule has 21 nitrogen and oxygen atoms in total. The van der Waals surface area contributed by atoms with Crippen molar-refractivity contribution in [2.24, 2.45) is 23.3 Å². The highest BCUT2D eigenvalue weighted by Crippen LogP contribution is 2.10. The first-order chi connectivity index (χ1) is 25.2. The number of carboxylic acid groups (broad SMARTS) is 1.